The number of nitrogens with one attached hydrogen (secondary N) is 1. The largest absolute Gasteiger partial charge is 0.340 e. The minimum atomic E-state index is -0.0317. The van der Waals surface area contributed by atoms with Crippen molar-refractivity contribution in [2.45, 2.75) is 19.5 Å². The molecule has 4 nitrogen and oxygen atoms in total. The van der Waals surface area contributed by atoms with Gasteiger partial charge in [0.2, 0.25) is 5.91 Å². The fourth-order valence-electron chi connectivity index (χ4n) is 2.48. The average molecular weight is 334 g/mol. The van der Waals surface area contributed by atoms with E-state index in [4.69, 9.17) is 0 Å². The van der Waals surface area contributed by atoms with Gasteiger partial charge in [0.05, 0.1) is 6.04 Å². The normalized spacial score (nSPS) is 16.3. The summed E-state index contributed by atoms with van der Waals surface area (Å²) in [5.41, 5.74) is 1.17. The molecule has 1 fully saturated rings. The van der Waals surface area contributed by atoms with Crippen LogP contribution in [0.1, 0.15) is 12.5 Å². The van der Waals surface area contributed by atoms with E-state index < -0.39 is 0 Å². The van der Waals surface area contributed by atoms with Crippen molar-refractivity contribution in [2.75, 3.05) is 33.2 Å². The number of hydrogen-bond donors (Lipinski definition) is 1. The topological polar surface area (TPSA) is 35.6 Å². The molecule has 1 amide bonds. The molecule has 120 valence electrons. The van der Waals surface area contributed by atoms with Gasteiger partial charge < -0.3 is 10.2 Å². The summed E-state index contributed by atoms with van der Waals surface area (Å²) in [5, 5.41) is 3.31. The van der Waals surface area contributed by atoms with Crippen LogP contribution in [0.25, 0.3) is 0 Å². The number of amides is 1. The third kappa shape index (κ3) is 5.83. The molecule has 1 aliphatic heterocycles. The summed E-state index contributed by atoms with van der Waals surface area (Å²) in [5.74, 6) is 0.200. The van der Waals surface area contributed by atoms with E-state index in [1.54, 1.807) is 0 Å². The van der Waals surface area contributed by atoms with Gasteiger partial charge in [-0.25, -0.2) is 0 Å². The predicted molar refractivity (Wildman–Crippen MR) is 91.3 cm³/mol. The molecule has 0 aromatic heterocycles. The molecule has 1 aromatic carbocycles. The van der Waals surface area contributed by atoms with E-state index in [1.807, 2.05) is 37.1 Å². The highest BCUT2D eigenvalue weighted by molar-refractivity contribution is 5.85. The molecule has 0 radical (unpaired) electrons. The van der Waals surface area contributed by atoms with Crippen molar-refractivity contribution in [3.8, 4) is 0 Å². The maximum Gasteiger partial charge on any atom is 0.239 e. The summed E-state index contributed by atoms with van der Waals surface area (Å²) in [4.78, 5) is 16.5. The van der Waals surface area contributed by atoms with E-state index in [0.29, 0.717) is 6.54 Å². The number of likely N-dealkylation sites (N-methyl/N-ethyl adjacent to an activating group) is 1. The van der Waals surface area contributed by atoms with Gasteiger partial charge in [-0.1, -0.05) is 30.3 Å². The third-order valence-electron chi connectivity index (χ3n) is 3.70. The van der Waals surface area contributed by atoms with Crippen LogP contribution in [-0.4, -0.2) is 55.0 Å². The van der Waals surface area contributed by atoms with Crippen molar-refractivity contribution >= 4 is 30.7 Å². The number of piperazine rings is 1. The minimum absolute atomic E-state index is 0. The van der Waals surface area contributed by atoms with E-state index in [1.165, 1.54) is 5.56 Å². The highest BCUT2D eigenvalue weighted by Gasteiger charge is 2.25. The number of nitrogens with zero attached hydrogens (tertiary/aromatic N) is 2. The van der Waals surface area contributed by atoms with E-state index in [-0.39, 0.29) is 36.8 Å². The quantitative estimate of drug-likeness (QED) is 0.912. The molecular weight excluding hydrogens is 309 g/mol. The van der Waals surface area contributed by atoms with Crippen LogP contribution < -0.4 is 5.32 Å². The highest BCUT2D eigenvalue weighted by atomic mass is 35.5. The number of carbonyl (C=O) groups is 1. The molecule has 0 spiro atoms. The van der Waals surface area contributed by atoms with E-state index in [2.05, 4.69) is 22.3 Å². The maximum absolute atomic E-state index is 12.4. The summed E-state index contributed by atoms with van der Waals surface area (Å²) < 4.78 is 0. The van der Waals surface area contributed by atoms with Crippen LogP contribution in [0.5, 0.6) is 0 Å². The second kappa shape index (κ2) is 10.0. The first kappa shape index (κ1) is 20.2. The van der Waals surface area contributed by atoms with Crippen molar-refractivity contribution in [1.29, 1.82) is 0 Å². The Labute approximate surface area is 139 Å². The van der Waals surface area contributed by atoms with Crippen molar-refractivity contribution in [2.24, 2.45) is 0 Å². The Hall–Kier alpha value is -0.810. The molecule has 1 saturated heterocycles. The monoisotopic (exact) mass is 333 g/mol. The molecular formula is C15H25Cl2N3O. The summed E-state index contributed by atoms with van der Waals surface area (Å²) >= 11 is 0. The van der Waals surface area contributed by atoms with Crippen LogP contribution in [0.3, 0.4) is 0 Å². The summed E-state index contributed by atoms with van der Waals surface area (Å²) in [6.45, 7) is 6.53. The minimum Gasteiger partial charge on any atom is -0.340 e. The van der Waals surface area contributed by atoms with Gasteiger partial charge in [-0.2, -0.15) is 0 Å². The number of hydrogen-bond acceptors (Lipinski definition) is 3. The Morgan fingerprint density at radius 2 is 1.81 bits per heavy atom. The zero-order chi connectivity index (χ0) is 13.7. The van der Waals surface area contributed by atoms with Crippen LogP contribution in [-0.2, 0) is 11.3 Å². The Kier molecular flexibility index (Phi) is 9.62. The Morgan fingerprint density at radius 3 is 2.38 bits per heavy atom. The van der Waals surface area contributed by atoms with Crippen molar-refractivity contribution in [1.82, 2.24) is 15.1 Å². The van der Waals surface area contributed by atoms with Gasteiger partial charge in [0.25, 0.3) is 0 Å². The van der Waals surface area contributed by atoms with Gasteiger partial charge in [-0.15, -0.1) is 24.8 Å². The lowest BCUT2D eigenvalue weighted by atomic mass is 10.2. The van der Waals surface area contributed by atoms with Crippen LogP contribution >= 0.6 is 24.8 Å². The van der Waals surface area contributed by atoms with Crippen LogP contribution in [0.2, 0.25) is 0 Å². The zero-order valence-electron chi connectivity index (χ0n) is 12.6. The van der Waals surface area contributed by atoms with E-state index in [0.717, 1.165) is 26.2 Å². The molecule has 1 aliphatic rings. The van der Waals surface area contributed by atoms with Gasteiger partial charge >= 0.3 is 0 Å². The second-order valence-corrected chi connectivity index (χ2v) is 5.14. The zero-order valence-corrected chi connectivity index (χ0v) is 14.3. The average Bonchev–Trinajstić information content (AvgIpc) is 2.47. The number of carbonyl (C=O) groups excluding carboxylic acids is 1. The number of rotatable bonds is 4. The van der Waals surface area contributed by atoms with E-state index >= 15 is 0 Å². The van der Waals surface area contributed by atoms with Crippen molar-refractivity contribution in [3.63, 3.8) is 0 Å². The van der Waals surface area contributed by atoms with E-state index in [9.17, 15) is 4.79 Å². The maximum atomic E-state index is 12.4. The molecule has 1 N–H and O–H groups in total. The molecule has 1 atom stereocenters. The van der Waals surface area contributed by atoms with Gasteiger partial charge in [-0.05, 0) is 12.5 Å². The standard InChI is InChI=1S/C15H23N3O.2ClH/c1-13(18-10-8-16-9-11-18)15(19)17(2)12-14-6-4-3-5-7-14;;/h3-7,13,16H,8-12H2,1-2H3;2*1H. The number of halogens is 2. The molecule has 1 unspecified atom stereocenters. The first-order chi connectivity index (χ1) is 9.18. The lowest BCUT2D eigenvalue weighted by Crippen LogP contribution is -2.52. The van der Waals surface area contributed by atoms with Crippen LogP contribution in [0.15, 0.2) is 30.3 Å². The SMILES string of the molecule is CC(C(=O)N(C)Cc1ccccc1)N1CCNCC1.Cl.Cl. The Balaban J connectivity index is 0.00000200. The molecule has 0 aliphatic carbocycles. The first-order valence-electron chi connectivity index (χ1n) is 6.92. The van der Waals surface area contributed by atoms with Crippen molar-refractivity contribution in [3.05, 3.63) is 35.9 Å². The molecule has 1 aromatic rings. The number of benzene rings is 1. The van der Waals surface area contributed by atoms with Gasteiger partial charge in [0.1, 0.15) is 0 Å². The summed E-state index contributed by atoms with van der Waals surface area (Å²) in [7, 11) is 1.88. The fourth-order valence-corrected chi connectivity index (χ4v) is 2.48. The second-order valence-electron chi connectivity index (χ2n) is 5.14. The Morgan fingerprint density at radius 1 is 1.24 bits per heavy atom. The van der Waals surface area contributed by atoms with Crippen LogP contribution in [0.4, 0.5) is 0 Å². The first-order valence-corrected chi connectivity index (χ1v) is 6.92. The van der Waals surface area contributed by atoms with Crippen LogP contribution in [0, 0.1) is 0 Å². The summed E-state index contributed by atoms with van der Waals surface area (Å²) in [6, 6.07) is 10.1. The molecule has 0 saturated carbocycles. The molecule has 6 heteroatoms. The van der Waals surface area contributed by atoms with Crippen molar-refractivity contribution < 1.29 is 4.79 Å². The lowest BCUT2D eigenvalue weighted by Gasteiger charge is -2.34. The predicted octanol–water partition coefficient (Wildman–Crippen LogP) is 1.78. The van der Waals surface area contributed by atoms with Gasteiger partial charge in [0.15, 0.2) is 0 Å². The molecule has 0 bridgehead atoms. The fraction of sp³-hybridized carbons (Fsp3) is 0.533. The molecule has 2 rings (SSSR count). The highest BCUT2D eigenvalue weighted by Crippen LogP contribution is 2.08. The molecule has 1 heterocycles. The third-order valence-corrected chi connectivity index (χ3v) is 3.70. The van der Waals surface area contributed by atoms with Gasteiger partial charge in [-0.3, -0.25) is 9.69 Å². The smallest absolute Gasteiger partial charge is 0.239 e. The lowest BCUT2D eigenvalue weighted by molar-refractivity contribution is -0.135. The molecule has 21 heavy (non-hydrogen) atoms. The summed E-state index contributed by atoms with van der Waals surface area (Å²) in [6.07, 6.45) is 0. The Bertz CT molecular complexity index is 411. The van der Waals surface area contributed by atoms with Gasteiger partial charge in [0, 0.05) is 39.8 Å².